The number of H-pyrrole nitrogens is 1. The van der Waals surface area contributed by atoms with Crippen molar-refractivity contribution in [1.29, 1.82) is 0 Å². The minimum atomic E-state index is -0.268. The maximum absolute atomic E-state index is 12.3. The second kappa shape index (κ2) is 7.69. The van der Waals surface area contributed by atoms with Gasteiger partial charge in [0.1, 0.15) is 0 Å². The molecule has 26 heavy (non-hydrogen) atoms. The molecule has 2 N–H and O–H groups in total. The number of rotatable bonds is 6. The van der Waals surface area contributed by atoms with Gasteiger partial charge >= 0.3 is 0 Å². The van der Waals surface area contributed by atoms with Crippen LogP contribution in [-0.4, -0.2) is 30.3 Å². The van der Waals surface area contributed by atoms with Crippen LogP contribution in [0.15, 0.2) is 47.3 Å². The maximum Gasteiger partial charge on any atom is 0.272 e. The molecule has 0 fully saturated rings. The zero-order valence-electron chi connectivity index (χ0n) is 14.5. The number of carbonyl (C=O) groups excluding carboxylic acids is 1. The number of hydrogen-bond acceptors (Lipinski definition) is 5. The smallest absolute Gasteiger partial charge is 0.272 e. The first-order chi connectivity index (χ1) is 12.6. The molecule has 0 bridgehead atoms. The van der Waals surface area contributed by atoms with Crippen LogP contribution in [0.4, 0.5) is 0 Å². The topological polar surface area (TPSA) is 93.3 Å². The van der Waals surface area contributed by atoms with Gasteiger partial charge in [-0.15, -0.1) is 0 Å². The lowest BCUT2D eigenvalue weighted by Gasteiger charge is -2.10. The number of aromatic nitrogens is 2. The monoisotopic (exact) mass is 353 g/mol. The zero-order valence-corrected chi connectivity index (χ0v) is 14.5. The van der Waals surface area contributed by atoms with E-state index in [0.717, 1.165) is 5.56 Å². The van der Waals surface area contributed by atoms with Crippen molar-refractivity contribution < 1.29 is 14.3 Å². The molecule has 0 aliphatic carbocycles. The van der Waals surface area contributed by atoms with Crippen LogP contribution in [0.3, 0.4) is 0 Å². The molecular formula is C19H19N3O4. The van der Waals surface area contributed by atoms with Crippen molar-refractivity contribution in [3.05, 3.63) is 64.1 Å². The van der Waals surface area contributed by atoms with Crippen molar-refractivity contribution in [3.63, 3.8) is 0 Å². The van der Waals surface area contributed by atoms with E-state index in [1.165, 1.54) is 0 Å². The van der Waals surface area contributed by atoms with Crippen LogP contribution in [0.2, 0.25) is 0 Å². The van der Waals surface area contributed by atoms with Crippen molar-refractivity contribution in [2.75, 3.05) is 14.2 Å². The van der Waals surface area contributed by atoms with Crippen LogP contribution in [0.25, 0.3) is 10.8 Å². The van der Waals surface area contributed by atoms with Crippen LogP contribution in [-0.2, 0) is 17.8 Å². The van der Waals surface area contributed by atoms with E-state index in [-0.39, 0.29) is 17.9 Å². The molecule has 0 aliphatic rings. The van der Waals surface area contributed by atoms with Crippen LogP contribution in [0, 0.1) is 0 Å². The first kappa shape index (κ1) is 17.5. The highest BCUT2D eigenvalue weighted by Crippen LogP contribution is 2.27. The highest BCUT2D eigenvalue weighted by molar-refractivity contribution is 5.88. The number of methoxy groups -OCH3 is 2. The Morgan fingerprint density at radius 3 is 2.54 bits per heavy atom. The minimum Gasteiger partial charge on any atom is -0.493 e. The molecule has 3 aromatic rings. The Morgan fingerprint density at radius 1 is 1.08 bits per heavy atom. The van der Waals surface area contributed by atoms with Crippen molar-refractivity contribution in [3.8, 4) is 11.5 Å². The Hall–Kier alpha value is -3.35. The van der Waals surface area contributed by atoms with E-state index in [2.05, 4.69) is 15.5 Å². The van der Waals surface area contributed by atoms with E-state index in [1.807, 2.05) is 18.2 Å². The van der Waals surface area contributed by atoms with Gasteiger partial charge in [-0.1, -0.05) is 24.3 Å². The normalized spacial score (nSPS) is 10.5. The van der Waals surface area contributed by atoms with Gasteiger partial charge in [-0.2, -0.15) is 5.10 Å². The molecule has 0 spiro atoms. The minimum absolute atomic E-state index is 0.0740. The number of nitrogens with zero attached hydrogens (tertiary/aromatic N) is 1. The number of hydrogen-bond donors (Lipinski definition) is 2. The summed E-state index contributed by atoms with van der Waals surface area (Å²) < 4.78 is 10.5. The number of nitrogens with one attached hydrogen (secondary N) is 2. The van der Waals surface area contributed by atoms with Crippen molar-refractivity contribution >= 4 is 16.7 Å². The summed E-state index contributed by atoms with van der Waals surface area (Å²) >= 11 is 0. The predicted molar refractivity (Wildman–Crippen MR) is 97.5 cm³/mol. The summed E-state index contributed by atoms with van der Waals surface area (Å²) in [5, 5.41) is 10.5. The third-order valence-corrected chi connectivity index (χ3v) is 4.04. The van der Waals surface area contributed by atoms with Gasteiger partial charge in [0.2, 0.25) is 5.91 Å². The molecule has 134 valence electrons. The van der Waals surface area contributed by atoms with E-state index in [0.29, 0.717) is 34.5 Å². The Kier molecular flexibility index (Phi) is 5.17. The molecule has 0 saturated heterocycles. The van der Waals surface area contributed by atoms with Crippen LogP contribution in [0.5, 0.6) is 11.5 Å². The zero-order chi connectivity index (χ0) is 18.5. The van der Waals surface area contributed by atoms with Gasteiger partial charge in [0.05, 0.1) is 31.7 Å². The fourth-order valence-corrected chi connectivity index (χ4v) is 2.71. The van der Waals surface area contributed by atoms with Crippen molar-refractivity contribution in [1.82, 2.24) is 15.5 Å². The average molecular weight is 353 g/mol. The summed E-state index contributed by atoms with van der Waals surface area (Å²) in [6.07, 6.45) is 0.0740. The summed E-state index contributed by atoms with van der Waals surface area (Å²) in [6, 6.07) is 12.5. The van der Waals surface area contributed by atoms with E-state index < -0.39 is 0 Å². The van der Waals surface area contributed by atoms with Gasteiger partial charge in [-0.3, -0.25) is 9.59 Å². The summed E-state index contributed by atoms with van der Waals surface area (Å²) in [4.78, 5) is 24.1. The molecule has 0 saturated carbocycles. The van der Waals surface area contributed by atoms with Crippen molar-refractivity contribution in [2.45, 2.75) is 13.0 Å². The van der Waals surface area contributed by atoms with E-state index in [1.54, 1.807) is 38.5 Å². The predicted octanol–water partition coefficient (Wildman–Crippen LogP) is 1.80. The third kappa shape index (κ3) is 3.66. The molecule has 0 unspecified atom stereocenters. The lowest BCUT2D eigenvalue weighted by atomic mass is 10.1. The lowest BCUT2D eigenvalue weighted by molar-refractivity contribution is -0.120. The summed E-state index contributed by atoms with van der Waals surface area (Å²) in [5.74, 6) is 1.04. The SMILES string of the molecule is COc1ccc(CNC(=O)Cc2n[nH]c(=O)c3ccccc23)cc1OC. The molecular weight excluding hydrogens is 334 g/mol. The van der Waals surface area contributed by atoms with E-state index in [9.17, 15) is 9.59 Å². The lowest BCUT2D eigenvalue weighted by Crippen LogP contribution is -2.26. The van der Waals surface area contributed by atoms with E-state index >= 15 is 0 Å². The number of benzene rings is 2. The Labute approximate surface area is 150 Å². The summed E-state index contributed by atoms with van der Waals surface area (Å²) in [7, 11) is 3.13. The Balaban J connectivity index is 1.70. The number of carbonyl (C=O) groups is 1. The highest BCUT2D eigenvalue weighted by atomic mass is 16.5. The molecule has 3 rings (SSSR count). The maximum atomic E-state index is 12.3. The molecule has 7 heteroatoms. The molecule has 0 radical (unpaired) electrons. The van der Waals surface area contributed by atoms with Gasteiger partial charge in [0.15, 0.2) is 11.5 Å². The molecule has 0 atom stereocenters. The van der Waals surface area contributed by atoms with Crippen LogP contribution >= 0.6 is 0 Å². The molecule has 1 aromatic heterocycles. The average Bonchev–Trinajstić information content (AvgIpc) is 2.68. The first-order valence-corrected chi connectivity index (χ1v) is 8.06. The highest BCUT2D eigenvalue weighted by Gasteiger charge is 2.11. The van der Waals surface area contributed by atoms with Gasteiger partial charge in [0, 0.05) is 11.9 Å². The van der Waals surface area contributed by atoms with Crippen molar-refractivity contribution in [2.24, 2.45) is 0 Å². The molecule has 7 nitrogen and oxygen atoms in total. The van der Waals surface area contributed by atoms with Crippen LogP contribution in [0.1, 0.15) is 11.3 Å². The Morgan fingerprint density at radius 2 is 1.81 bits per heavy atom. The molecule has 1 amide bonds. The largest absolute Gasteiger partial charge is 0.493 e. The number of aromatic amines is 1. The van der Waals surface area contributed by atoms with E-state index in [4.69, 9.17) is 9.47 Å². The van der Waals surface area contributed by atoms with Gasteiger partial charge < -0.3 is 14.8 Å². The molecule has 1 heterocycles. The Bertz CT molecular complexity index is 997. The van der Waals surface area contributed by atoms with Gasteiger partial charge in [-0.05, 0) is 23.8 Å². The van der Waals surface area contributed by atoms with Gasteiger partial charge in [0.25, 0.3) is 5.56 Å². The standard InChI is InChI=1S/C19H19N3O4/c1-25-16-8-7-12(9-17(16)26-2)11-20-18(23)10-15-13-5-3-4-6-14(13)19(24)22-21-15/h3-9H,10-11H2,1-2H3,(H,20,23)(H,22,24). The fraction of sp³-hybridized carbons (Fsp3) is 0.211. The third-order valence-electron chi connectivity index (χ3n) is 4.04. The van der Waals surface area contributed by atoms with Gasteiger partial charge in [-0.25, -0.2) is 5.10 Å². The second-order valence-electron chi connectivity index (χ2n) is 5.69. The number of fused-ring (bicyclic) bond motifs is 1. The first-order valence-electron chi connectivity index (χ1n) is 8.06. The second-order valence-corrected chi connectivity index (χ2v) is 5.69. The summed E-state index contributed by atoms with van der Waals surface area (Å²) in [5.41, 5.74) is 1.15. The van der Waals surface area contributed by atoms with Crippen LogP contribution < -0.4 is 20.3 Å². The fourth-order valence-electron chi connectivity index (χ4n) is 2.71. The number of ether oxygens (including phenoxy) is 2. The summed E-state index contributed by atoms with van der Waals surface area (Å²) in [6.45, 7) is 0.348. The molecule has 0 aliphatic heterocycles. The number of amides is 1. The quantitative estimate of drug-likeness (QED) is 0.705. The molecule has 2 aromatic carbocycles.